The van der Waals surface area contributed by atoms with E-state index < -0.39 is 6.04 Å². The molecule has 0 saturated heterocycles. The number of hydrogen-bond donors (Lipinski definition) is 1. The highest BCUT2D eigenvalue weighted by Gasteiger charge is 2.35. The molecule has 28 heavy (non-hydrogen) atoms. The molecule has 4 rings (SSSR count). The maximum atomic E-state index is 13.4. The summed E-state index contributed by atoms with van der Waals surface area (Å²) >= 11 is 0. The van der Waals surface area contributed by atoms with E-state index in [1.165, 1.54) is 23.3 Å². The van der Waals surface area contributed by atoms with Gasteiger partial charge in [0.2, 0.25) is 5.91 Å². The van der Waals surface area contributed by atoms with E-state index in [1.807, 2.05) is 24.3 Å². The molecule has 1 N–H and O–H groups in total. The SMILES string of the molecule is O=C(NCc1cccc(F)c1)C1Cc2ccccc2CN1C(=O)c1ccco1. The van der Waals surface area contributed by atoms with E-state index in [0.717, 1.165) is 11.1 Å². The topological polar surface area (TPSA) is 62.6 Å². The number of fused-ring (bicyclic) bond motifs is 1. The van der Waals surface area contributed by atoms with Gasteiger partial charge in [0.25, 0.3) is 5.91 Å². The molecule has 2 aromatic carbocycles. The number of benzene rings is 2. The lowest BCUT2D eigenvalue weighted by molar-refractivity contribution is -0.126. The summed E-state index contributed by atoms with van der Waals surface area (Å²) in [5.41, 5.74) is 2.71. The summed E-state index contributed by atoms with van der Waals surface area (Å²) in [4.78, 5) is 27.4. The Morgan fingerprint density at radius 2 is 1.89 bits per heavy atom. The molecule has 5 nitrogen and oxygen atoms in total. The van der Waals surface area contributed by atoms with Crippen LogP contribution in [0.25, 0.3) is 0 Å². The van der Waals surface area contributed by atoms with Crippen molar-refractivity contribution in [2.45, 2.75) is 25.6 Å². The molecule has 2 heterocycles. The third-order valence-corrected chi connectivity index (χ3v) is 4.90. The normalized spacial score (nSPS) is 15.8. The van der Waals surface area contributed by atoms with Gasteiger partial charge in [-0.1, -0.05) is 36.4 Å². The molecule has 1 aliphatic heterocycles. The van der Waals surface area contributed by atoms with Crippen LogP contribution in [0.5, 0.6) is 0 Å². The van der Waals surface area contributed by atoms with Gasteiger partial charge < -0.3 is 14.6 Å². The van der Waals surface area contributed by atoms with Crippen LogP contribution in [0.4, 0.5) is 4.39 Å². The second-order valence-electron chi connectivity index (χ2n) is 6.75. The standard InChI is InChI=1S/C22H19FN2O3/c23-18-8-3-5-15(11-18)13-24-21(26)19-12-16-6-1-2-7-17(16)14-25(19)22(27)20-9-4-10-28-20/h1-11,19H,12-14H2,(H,24,26). The molecular formula is C22H19FN2O3. The molecule has 1 aromatic heterocycles. The Balaban J connectivity index is 1.56. The zero-order valence-corrected chi connectivity index (χ0v) is 15.1. The van der Waals surface area contributed by atoms with E-state index in [-0.39, 0.29) is 29.9 Å². The molecule has 0 saturated carbocycles. The zero-order valence-electron chi connectivity index (χ0n) is 15.1. The number of nitrogens with zero attached hydrogens (tertiary/aromatic N) is 1. The molecule has 1 atom stereocenters. The lowest BCUT2D eigenvalue weighted by Gasteiger charge is -2.35. The number of carbonyl (C=O) groups excluding carboxylic acids is 2. The van der Waals surface area contributed by atoms with Gasteiger partial charge in [-0.05, 0) is 41.0 Å². The largest absolute Gasteiger partial charge is 0.459 e. The Kier molecular flexibility index (Phi) is 4.93. The minimum Gasteiger partial charge on any atom is -0.459 e. The van der Waals surface area contributed by atoms with Crippen LogP contribution in [0.1, 0.15) is 27.2 Å². The van der Waals surface area contributed by atoms with Gasteiger partial charge in [-0.2, -0.15) is 0 Å². The number of halogens is 1. The number of carbonyl (C=O) groups is 2. The van der Waals surface area contributed by atoms with E-state index in [9.17, 15) is 14.0 Å². The van der Waals surface area contributed by atoms with Gasteiger partial charge in [0.1, 0.15) is 11.9 Å². The van der Waals surface area contributed by atoms with Gasteiger partial charge in [-0.25, -0.2) is 4.39 Å². The first-order chi connectivity index (χ1) is 13.6. The Morgan fingerprint density at radius 3 is 2.64 bits per heavy atom. The summed E-state index contributed by atoms with van der Waals surface area (Å²) < 4.78 is 18.6. The third kappa shape index (κ3) is 3.67. The average Bonchev–Trinajstić information content (AvgIpc) is 3.25. The summed E-state index contributed by atoms with van der Waals surface area (Å²) in [6.07, 6.45) is 1.85. The first-order valence-corrected chi connectivity index (χ1v) is 9.05. The second-order valence-corrected chi connectivity index (χ2v) is 6.75. The molecule has 2 amide bonds. The second kappa shape index (κ2) is 7.68. The van der Waals surface area contributed by atoms with Crippen molar-refractivity contribution in [2.24, 2.45) is 0 Å². The van der Waals surface area contributed by atoms with Crippen LogP contribution in [0.15, 0.2) is 71.3 Å². The lowest BCUT2D eigenvalue weighted by Crippen LogP contribution is -2.52. The Hall–Kier alpha value is -3.41. The lowest BCUT2D eigenvalue weighted by atomic mass is 9.93. The summed E-state index contributed by atoms with van der Waals surface area (Å²) in [5.74, 6) is -0.764. The molecular weight excluding hydrogens is 359 g/mol. The van der Waals surface area contributed by atoms with E-state index in [1.54, 1.807) is 24.3 Å². The fourth-order valence-electron chi connectivity index (χ4n) is 3.47. The maximum Gasteiger partial charge on any atom is 0.290 e. The van der Waals surface area contributed by atoms with Crippen molar-refractivity contribution in [3.05, 3.63) is 95.2 Å². The van der Waals surface area contributed by atoms with Crippen LogP contribution in [0.3, 0.4) is 0 Å². The Morgan fingerprint density at radius 1 is 1.07 bits per heavy atom. The van der Waals surface area contributed by atoms with E-state index in [0.29, 0.717) is 18.5 Å². The number of furan rings is 1. The number of hydrogen-bond acceptors (Lipinski definition) is 3. The molecule has 6 heteroatoms. The van der Waals surface area contributed by atoms with Crippen molar-refractivity contribution >= 4 is 11.8 Å². The van der Waals surface area contributed by atoms with Gasteiger partial charge in [-0.3, -0.25) is 9.59 Å². The fraction of sp³-hybridized carbons (Fsp3) is 0.182. The van der Waals surface area contributed by atoms with Crippen molar-refractivity contribution in [2.75, 3.05) is 0 Å². The highest BCUT2D eigenvalue weighted by Crippen LogP contribution is 2.25. The quantitative estimate of drug-likeness (QED) is 0.758. The highest BCUT2D eigenvalue weighted by atomic mass is 19.1. The summed E-state index contributed by atoms with van der Waals surface area (Å²) in [5, 5.41) is 2.83. The monoisotopic (exact) mass is 378 g/mol. The summed E-state index contributed by atoms with van der Waals surface area (Å²) in [6.45, 7) is 0.519. The average molecular weight is 378 g/mol. The number of amides is 2. The van der Waals surface area contributed by atoms with E-state index in [4.69, 9.17) is 4.42 Å². The zero-order chi connectivity index (χ0) is 19.5. The van der Waals surface area contributed by atoms with Crippen LogP contribution >= 0.6 is 0 Å². The molecule has 0 bridgehead atoms. The van der Waals surface area contributed by atoms with Crippen LogP contribution in [0, 0.1) is 5.82 Å². The van der Waals surface area contributed by atoms with Crippen LogP contribution in [-0.2, 0) is 24.3 Å². The Labute approximate surface area is 161 Å². The summed E-state index contributed by atoms with van der Waals surface area (Å²) in [6, 6.07) is 16.4. The highest BCUT2D eigenvalue weighted by molar-refractivity contribution is 5.96. The van der Waals surface area contributed by atoms with E-state index >= 15 is 0 Å². The molecule has 0 fully saturated rings. The predicted molar refractivity (Wildman–Crippen MR) is 101 cm³/mol. The third-order valence-electron chi connectivity index (χ3n) is 4.90. The van der Waals surface area contributed by atoms with Gasteiger partial charge in [0.05, 0.1) is 6.26 Å². The predicted octanol–water partition coefficient (Wildman–Crippen LogP) is 3.30. The minimum absolute atomic E-state index is 0.192. The van der Waals surface area contributed by atoms with Crippen molar-refractivity contribution < 1.29 is 18.4 Å². The number of nitrogens with one attached hydrogen (secondary N) is 1. The summed E-state index contributed by atoms with van der Waals surface area (Å²) in [7, 11) is 0. The van der Waals surface area contributed by atoms with Crippen molar-refractivity contribution in [3.63, 3.8) is 0 Å². The van der Waals surface area contributed by atoms with Crippen molar-refractivity contribution in [3.8, 4) is 0 Å². The van der Waals surface area contributed by atoms with Crippen molar-refractivity contribution in [1.82, 2.24) is 10.2 Å². The van der Waals surface area contributed by atoms with Gasteiger partial charge in [-0.15, -0.1) is 0 Å². The fourth-order valence-corrected chi connectivity index (χ4v) is 3.47. The van der Waals surface area contributed by atoms with Crippen LogP contribution < -0.4 is 5.32 Å². The minimum atomic E-state index is -0.666. The van der Waals surface area contributed by atoms with Crippen molar-refractivity contribution in [1.29, 1.82) is 0 Å². The molecule has 142 valence electrons. The first kappa shape index (κ1) is 18.0. The molecule has 0 spiro atoms. The van der Waals surface area contributed by atoms with Crippen LogP contribution in [0.2, 0.25) is 0 Å². The van der Waals surface area contributed by atoms with E-state index in [2.05, 4.69) is 5.32 Å². The Bertz CT molecular complexity index is 1000. The number of rotatable bonds is 4. The first-order valence-electron chi connectivity index (χ1n) is 9.05. The smallest absolute Gasteiger partial charge is 0.290 e. The van der Waals surface area contributed by atoms with Gasteiger partial charge >= 0.3 is 0 Å². The van der Waals surface area contributed by atoms with Gasteiger partial charge in [0.15, 0.2) is 5.76 Å². The molecule has 0 radical (unpaired) electrons. The molecule has 1 aliphatic rings. The van der Waals surface area contributed by atoms with Gasteiger partial charge in [0, 0.05) is 19.5 Å². The molecule has 3 aromatic rings. The van der Waals surface area contributed by atoms with Crippen LogP contribution in [-0.4, -0.2) is 22.8 Å². The maximum absolute atomic E-state index is 13.4. The molecule has 0 aliphatic carbocycles. The molecule has 1 unspecified atom stereocenters.